The second-order valence-electron chi connectivity index (χ2n) is 5.78. The highest BCUT2D eigenvalue weighted by Gasteiger charge is 2.17. The molecule has 1 aliphatic rings. The number of thiocarbonyl (C=S) groups is 1. The fourth-order valence-corrected chi connectivity index (χ4v) is 3.91. The van der Waals surface area contributed by atoms with Crippen LogP contribution in [-0.4, -0.2) is 29.5 Å². The molecule has 0 radical (unpaired) electrons. The topological polar surface area (TPSA) is 96.0 Å². The molecule has 3 N–H and O–H groups in total. The van der Waals surface area contributed by atoms with Crippen molar-refractivity contribution in [2.75, 3.05) is 10.0 Å². The van der Waals surface area contributed by atoms with Gasteiger partial charge in [0.1, 0.15) is 0 Å². The highest BCUT2D eigenvalue weighted by Crippen LogP contribution is 2.19. The molecule has 0 unspecified atom stereocenters. The maximum atomic E-state index is 12.3. The van der Waals surface area contributed by atoms with E-state index < -0.39 is 10.0 Å². The molecule has 132 valence electrons. The van der Waals surface area contributed by atoms with Crippen molar-refractivity contribution >= 4 is 39.0 Å². The summed E-state index contributed by atoms with van der Waals surface area (Å²) in [7, 11) is -3.73. The quantitative estimate of drug-likeness (QED) is 0.689. The van der Waals surface area contributed by atoms with Crippen LogP contribution in [-0.2, 0) is 10.0 Å². The monoisotopic (exact) mass is 377 g/mol. The predicted octanol–water partition coefficient (Wildman–Crippen LogP) is 2.51. The van der Waals surface area contributed by atoms with Crippen molar-refractivity contribution in [3.05, 3.63) is 42.7 Å². The van der Waals surface area contributed by atoms with Crippen LogP contribution in [0.15, 0.2) is 47.6 Å². The Morgan fingerprint density at radius 1 is 1.08 bits per heavy atom. The number of anilines is 2. The van der Waals surface area contributed by atoms with E-state index in [1.807, 2.05) is 0 Å². The highest BCUT2D eigenvalue weighted by atomic mass is 32.2. The average Bonchev–Trinajstić information content (AvgIpc) is 3.08. The van der Waals surface area contributed by atoms with Gasteiger partial charge in [-0.05, 0) is 55.4 Å². The average molecular weight is 377 g/mol. The molecule has 0 saturated heterocycles. The molecule has 0 bridgehead atoms. The van der Waals surface area contributed by atoms with Crippen molar-refractivity contribution in [2.24, 2.45) is 0 Å². The van der Waals surface area contributed by atoms with Crippen molar-refractivity contribution in [3.63, 3.8) is 0 Å². The second kappa shape index (κ2) is 7.75. The normalized spacial score (nSPS) is 14.9. The Morgan fingerprint density at radius 2 is 1.72 bits per heavy atom. The summed E-state index contributed by atoms with van der Waals surface area (Å²) in [5.41, 5.74) is 0.727. The fourth-order valence-electron chi connectivity index (χ4n) is 2.67. The van der Waals surface area contributed by atoms with Crippen LogP contribution in [0.1, 0.15) is 25.7 Å². The number of hydrogen-bond donors (Lipinski definition) is 3. The molecule has 2 aromatic rings. The van der Waals surface area contributed by atoms with Gasteiger partial charge in [0.15, 0.2) is 5.11 Å². The lowest BCUT2D eigenvalue weighted by molar-refractivity contribution is 0.601. The van der Waals surface area contributed by atoms with E-state index in [9.17, 15) is 8.42 Å². The van der Waals surface area contributed by atoms with E-state index in [4.69, 9.17) is 12.2 Å². The van der Waals surface area contributed by atoms with Crippen molar-refractivity contribution in [2.45, 2.75) is 36.6 Å². The summed E-state index contributed by atoms with van der Waals surface area (Å²) >= 11 is 5.30. The SMILES string of the molecule is O=S(=O)(Nc1ncccn1)c1ccc(NC(=S)NC2CCCC2)cc1. The van der Waals surface area contributed by atoms with Gasteiger partial charge in [0.05, 0.1) is 4.90 Å². The number of benzene rings is 1. The predicted molar refractivity (Wildman–Crippen MR) is 101 cm³/mol. The van der Waals surface area contributed by atoms with E-state index in [0.717, 1.165) is 18.5 Å². The number of rotatable bonds is 5. The van der Waals surface area contributed by atoms with Crippen LogP contribution >= 0.6 is 12.2 Å². The number of aromatic nitrogens is 2. The van der Waals surface area contributed by atoms with Gasteiger partial charge in [-0.25, -0.2) is 23.1 Å². The lowest BCUT2D eigenvalue weighted by atomic mass is 10.2. The molecule has 0 spiro atoms. The summed E-state index contributed by atoms with van der Waals surface area (Å²) in [6.07, 6.45) is 7.65. The summed E-state index contributed by atoms with van der Waals surface area (Å²) < 4.78 is 27.0. The molecule has 1 aromatic carbocycles. The highest BCUT2D eigenvalue weighted by molar-refractivity contribution is 7.92. The number of nitrogens with one attached hydrogen (secondary N) is 3. The van der Waals surface area contributed by atoms with Gasteiger partial charge in [-0.2, -0.15) is 0 Å². The molecule has 0 amide bonds. The lowest BCUT2D eigenvalue weighted by Gasteiger charge is -2.16. The number of sulfonamides is 1. The third-order valence-corrected chi connectivity index (χ3v) is 5.47. The zero-order valence-electron chi connectivity index (χ0n) is 13.5. The summed E-state index contributed by atoms with van der Waals surface area (Å²) in [6.45, 7) is 0. The minimum absolute atomic E-state index is 0.0339. The Balaban J connectivity index is 1.62. The third kappa shape index (κ3) is 4.86. The number of hydrogen-bond acceptors (Lipinski definition) is 5. The summed E-state index contributed by atoms with van der Waals surface area (Å²) in [4.78, 5) is 7.84. The van der Waals surface area contributed by atoms with Gasteiger partial charge in [0, 0.05) is 24.1 Å². The Labute approximate surface area is 152 Å². The molecule has 9 heteroatoms. The maximum Gasteiger partial charge on any atom is 0.264 e. The van der Waals surface area contributed by atoms with Gasteiger partial charge in [-0.1, -0.05) is 12.8 Å². The fraction of sp³-hybridized carbons (Fsp3) is 0.312. The van der Waals surface area contributed by atoms with E-state index in [1.165, 1.54) is 37.4 Å². The molecule has 0 aliphatic heterocycles. The molecule has 0 atom stereocenters. The van der Waals surface area contributed by atoms with E-state index >= 15 is 0 Å². The molecule has 1 fully saturated rings. The van der Waals surface area contributed by atoms with Crippen molar-refractivity contribution in [1.82, 2.24) is 15.3 Å². The zero-order chi connectivity index (χ0) is 17.7. The van der Waals surface area contributed by atoms with Crippen molar-refractivity contribution in [1.29, 1.82) is 0 Å². The molecule has 1 aromatic heterocycles. The van der Waals surface area contributed by atoms with Crippen LogP contribution in [0.25, 0.3) is 0 Å². The summed E-state index contributed by atoms with van der Waals surface area (Å²) in [5, 5.41) is 6.91. The molecule has 7 nitrogen and oxygen atoms in total. The van der Waals surface area contributed by atoms with Crippen LogP contribution in [0, 0.1) is 0 Å². The summed E-state index contributed by atoms with van der Waals surface area (Å²) in [6, 6.07) is 8.39. The standard InChI is InChI=1S/C16H19N5O2S2/c22-25(23,21-15-17-10-3-11-18-15)14-8-6-13(7-9-14)20-16(24)19-12-4-1-2-5-12/h3,6-12H,1-2,4-5H2,(H,17,18,21)(H2,19,20,24). The second-order valence-corrected chi connectivity index (χ2v) is 7.87. The molecular formula is C16H19N5O2S2. The third-order valence-electron chi connectivity index (χ3n) is 3.90. The number of nitrogens with zero attached hydrogens (tertiary/aromatic N) is 2. The minimum Gasteiger partial charge on any atom is -0.360 e. The first-order valence-electron chi connectivity index (χ1n) is 8.00. The van der Waals surface area contributed by atoms with Gasteiger partial charge in [0.2, 0.25) is 5.95 Å². The van der Waals surface area contributed by atoms with E-state index in [2.05, 4.69) is 25.3 Å². The van der Waals surface area contributed by atoms with Gasteiger partial charge in [-0.15, -0.1) is 0 Å². The first-order valence-corrected chi connectivity index (χ1v) is 9.89. The Morgan fingerprint density at radius 3 is 2.36 bits per heavy atom. The molecule has 1 heterocycles. The van der Waals surface area contributed by atoms with Crippen molar-refractivity contribution < 1.29 is 8.42 Å². The Bertz CT molecular complexity index is 819. The van der Waals surface area contributed by atoms with Crippen LogP contribution in [0.5, 0.6) is 0 Å². The van der Waals surface area contributed by atoms with Crippen LogP contribution in [0.4, 0.5) is 11.6 Å². The zero-order valence-corrected chi connectivity index (χ0v) is 15.1. The van der Waals surface area contributed by atoms with Gasteiger partial charge in [0.25, 0.3) is 10.0 Å². The molecule has 1 saturated carbocycles. The van der Waals surface area contributed by atoms with E-state index in [1.54, 1.807) is 18.2 Å². The Hall–Kier alpha value is -2.26. The van der Waals surface area contributed by atoms with Crippen LogP contribution in [0.3, 0.4) is 0 Å². The van der Waals surface area contributed by atoms with E-state index in [0.29, 0.717) is 11.2 Å². The van der Waals surface area contributed by atoms with E-state index in [-0.39, 0.29) is 10.8 Å². The molecule has 1 aliphatic carbocycles. The lowest BCUT2D eigenvalue weighted by Crippen LogP contribution is -2.35. The first kappa shape index (κ1) is 17.6. The first-order chi connectivity index (χ1) is 12.0. The van der Waals surface area contributed by atoms with Gasteiger partial charge >= 0.3 is 0 Å². The Kier molecular flexibility index (Phi) is 5.44. The maximum absolute atomic E-state index is 12.3. The van der Waals surface area contributed by atoms with Gasteiger partial charge < -0.3 is 10.6 Å². The summed E-state index contributed by atoms with van der Waals surface area (Å²) in [5.74, 6) is 0.0339. The van der Waals surface area contributed by atoms with Crippen LogP contribution in [0.2, 0.25) is 0 Å². The van der Waals surface area contributed by atoms with Gasteiger partial charge in [-0.3, -0.25) is 0 Å². The largest absolute Gasteiger partial charge is 0.360 e. The minimum atomic E-state index is -3.73. The molecule has 3 rings (SSSR count). The molecular weight excluding hydrogens is 358 g/mol. The van der Waals surface area contributed by atoms with Crippen molar-refractivity contribution in [3.8, 4) is 0 Å². The smallest absolute Gasteiger partial charge is 0.264 e. The molecule has 25 heavy (non-hydrogen) atoms. The van der Waals surface area contributed by atoms with Crippen LogP contribution < -0.4 is 15.4 Å².